The topological polar surface area (TPSA) is 35.5 Å². The van der Waals surface area contributed by atoms with Crippen LogP contribution in [0.4, 0.5) is 4.39 Å². The molecule has 0 aliphatic carbocycles. The van der Waals surface area contributed by atoms with Gasteiger partial charge in [0, 0.05) is 10.9 Å². The molecule has 5 heteroatoms. The Balaban J connectivity index is 2.08. The van der Waals surface area contributed by atoms with Gasteiger partial charge in [-0.15, -0.1) is 0 Å². The zero-order valence-corrected chi connectivity index (χ0v) is 14.9. The van der Waals surface area contributed by atoms with Crippen molar-refractivity contribution in [3.05, 3.63) is 65.5 Å². The van der Waals surface area contributed by atoms with Gasteiger partial charge in [0.15, 0.2) is 17.3 Å². The third-order valence-electron chi connectivity index (χ3n) is 3.28. The molecule has 2 rings (SSSR count). The second-order valence-electron chi connectivity index (χ2n) is 5.01. The minimum atomic E-state index is -0.365. The third-order valence-corrected chi connectivity index (χ3v) is 3.84. The molecule has 24 heavy (non-hydrogen) atoms. The average Bonchev–Trinajstić information content (AvgIpc) is 2.61. The highest BCUT2D eigenvalue weighted by Gasteiger charge is 2.06. The van der Waals surface area contributed by atoms with Gasteiger partial charge in [0.1, 0.15) is 5.82 Å². The minimum absolute atomic E-state index is 0.188. The van der Waals surface area contributed by atoms with Crippen LogP contribution in [0.2, 0.25) is 0 Å². The van der Waals surface area contributed by atoms with Crippen LogP contribution in [0.1, 0.15) is 22.3 Å². The molecule has 0 atom stereocenters. The summed E-state index contributed by atoms with van der Waals surface area (Å²) < 4.78 is 23.8. The van der Waals surface area contributed by atoms with Crippen LogP contribution in [0.25, 0.3) is 6.08 Å². The lowest BCUT2D eigenvalue weighted by Gasteiger charge is -2.10. The Morgan fingerprint density at radius 1 is 1.17 bits per heavy atom. The number of ether oxygens (including phenoxy) is 2. The van der Waals surface area contributed by atoms with E-state index in [2.05, 4.69) is 15.9 Å². The molecule has 0 fully saturated rings. The largest absolute Gasteiger partial charge is 0.493 e. The maximum Gasteiger partial charge on any atom is 0.185 e. The number of alkyl halides is 1. The number of carbonyl (C=O) groups is 1. The van der Waals surface area contributed by atoms with Crippen LogP contribution in [-0.4, -0.2) is 24.8 Å². The monoisotopic (exact) mass is 392 g/mol. The Morgan fingerprint density at radius 3 is 2.58 bits per heavy atom. The summed E-state index contributed by atoms with van der Waals surface area (Å²) in [6, 6.07) is 10.9. The summed E-state index contributed by atoms with van der Waals surface area (Å²) in [4.78, 5) is 12.1. The first kappa shape index (κ1) is 18.2. The molecule has 0 aliphatic heterocycles. The van der Waals surface area contributed by atoms with E-state index < -0.39 is 0 Å². The molecule has 0 N–H and O–H groups in total. The fourth-order valence-corrected chi connectivity index (χ4v) is 2.25. The molecule has 0 aromatic heterocycles. The van der Waals surface area contributed by atoms with E-state index in [0.29, 0.717) is 23.7 Å². The van der Waals surface area contributed by atoms with E-state index >= 15 is 0 Å². The molecule has 0 saturated heterocycles. The van der Waals surface area contributed by atoms with Crippen LogP contribution in [0.3, 0.4) is 0 Å². The van der Waals surface area contributed by atoms with Crippen molar-refractivity contribution in [1.29, 1.82) is 0 Å². The summed E-state index contributed by atoms with van der Waals surface area (Å²) in [6.07, 6.45) is 4.04. The fourth-order valence-electron chi connectivity index (χ4n) is 2.03. The smallest absolute Gasteiger partial charge is 0.185 e. The lowest BCUT2D eigenvalue weighted by atomic mass is 10.1. The maximum absolute atomic E-state index is 12.9. The second-order valence-corrected chi connectivity index (χ2v) is 5.80. The highest BCUT2D eigenvalue weighted by molar-refractivity contribution is 9.09. The maximum atomic E-state index is 12.9. The van der Waals surface area contributed by atoms with E-state index in [0.717, 1.165) is 17.3 Å². The lowest BCUT2D eigenvalue weighted by molar-refractivity contribution is 0.104. The van der Waals surface area contributed by atoms with E-state index in [9.17, 15) is 9.18 Å². The van der Waals surface area contributed by atoms with E-state index in [4.69, 9.17) is 9.47 Å². The summed E-state index contributed by atoms with van der Waals surface area (Å²) >= 11 is 3.35. The Labute approximate surface area is 149 Å². The Bertz CT molecular complexity index is 711. The molecule has 0 bridgehead atoms. The van der Waals surface area contributed by atoms with E-state index in [1.807, 2.05) is 12.1 Å². The molecule has 126 valence electrons. The van der Waals surface area contributed by atoms with E-state index in [1.54, 1.807) is 19.3 Å². The Hall–Kier alpha value is -2.14. The van der Waals surface area contributed by atoms with Gasteiger partial charge < -0.3 is 9.47 Å². The van der Waals surface area contributed by atoms with Crippen LogP contribution in [0, 0.1) is 5.82 Å². The normalized spacial score (nSPS) is 10.8. The minimum Gasteiger partial charge on any atom is -0.493 e. The summed E-state index contributed by atoms with van der Waals surface area (Å²) in [7, 11) is 1.57. The Kier molecular flexibility index (Phi) is 7.00. The number of halogens is 2. The zero-order valence-electron chi connectivity index (χ0n) is 13.3. The standard InChI is InChI=1S/C19H18BrFO3/c1-23-19-13-14(4-10-18(19)24-12-2-11-20)3-9-17(22)15-5-7-16(21)8-6-15/h3-10,13H,2,11-12H2,1H3. The van der Waals surface area contributed by atoms with Crippen molar-refractivity contribution >= 4 is 27.8 Å². The van der Waals surface area contributed by atoms with Crippen molar-refractivity contribution in [1.82, 2.24) is 0 Å². The molecule has 0 radical (unpaired) electrons. The summed E-state index contributed by atoms with van der Waals surface area (Å²) in [5.41, 5.74) is 1.25. The molecule has 0 spiro atoms. The molecule has 0 heterocycles. The van der Waals surface area contributed by atoms with Crippen molar-refractivity contribution in [3.8, 4) is 11.5 Å². The van der Waals surface area contributed by atoms with Crippen LogP contribution in [0.5, 0.6) is 11.5 Å². The van der Waals surface area contributed by atoms with Gasteiger partial charge in [0.25, 0.3) is 0 Å². The fraction of sp³-hybridized carbons (Fsp3) is 0.211. The number of ketones is 1. The SMILES string of the molecule is COc1cc(C=CC(=O)c2ccc(F)cc2)ccc1OCCCBr. The van der Waals surface area contributed by atoms with E-state index in [-0.39, 0.29) is 11.6 Å². The number of methoxy groups -OCH3 is 1. The molecular formula is C19H18BrFO3. The highest BCUT2D eigenvalue weighted by atomic mass is 79.9. The van der Waals surface area contributed by atoms with E-state index in [1.165, 1.54) is 30.3 Å². The van der Waals surface area contributed by atoms with Crippen molar-refractivity contribution < 1.29 is 18.7 Å². The molecule has 2 aromatic carbocycles. The quantitative estimate of drug-likeness (QED) is 0.277. The van der Waals surface area contributed by atoms with Crippen molar-refractivity contribution in [2.24, 2.45) is 0 Å². The predicted octanol–water partition coefficient (Wildman–Crippen LogP) is 4.89. The summed E-state index contributed by atoms with van der Waals surface area (Å²) in [5, 5.41) is 0.877. The van der Waals surface area contributed by atoms with Gasteiger partial charge in [0.2, 0.25) is 0 Å². The molecular weight excluding hydrogens is 375 g/mol. The van der Waals surface area contributed by atoms with Crippen LogP contribution in [0.15, 0.2) is 48.5 Å². The van der Waals surface area contributed by atoms with Crippen LogP contribution >= 0.6 is 15.9 Å². The van der Waals surface area contributed by atoms with Gasteiger partial charge in [-0.3, -0.25) is 4.79 Å². The zero-order chi connectivity index (χ0) is 17.4. The molecule has 2 aromatic rings. The summed E-state index contributed by atoms with van der Waals surface area (Å²) in [5.74, 6) is 0.726. The van der Waals surface area contributed by atoms with Crippen molar-refractivity contribution in [2.75, 3.05) is 19.0 Å². The summed E-state index contributed by atoms with van der Waals surface area (Å²) in [6.45, 7) is 0.597. The van der Waals surface area contributed by atoms with Gasteiger partial charge in [-0.25, -0.2) is 4.39 Å². The van der Waals surface area contributed by atoms with Crippen molar-refractivity contribution in [3.63, 3.8) is 0 Å². The number of rotatable bonds is 8. The molecule has 0 saturated carbocycles. The van der Waals surface area contributed by atoms with Gasteiger partial charge in [-0.1, -0.05) is 28.1 Å². The van der Waals surface area contributed by atoms with Crippen molar-refractivity contribution in [2.45, 2.75) is 6.42 Å². The van der Waals surface area contributed by atoms with Gasteiger partial charge >= 0.3 is 0 Å². The van der Waals surface area contributed by atoms with Crippen LogP contribution in [-0.2, 0) is 0 Å². The molecule has 0 unspecified atom stereocenters. The lowest BCUT2D eigenvalue weighted by Crippen LogP contribution is -2.00. The molecule has 0 amide bonds. The van der Waals surface area contributed by atoms with Gasteiger partial charge in [-0.05, 0) is 54.5 Å². The number of carbonyl (C=O) groups excluding carboxylic acids is 1. The molecule has 3 nitrogen and oxygen atoms in total. The predicted molar refractivity (Wildman–Crippen MR) is 96.7 cm³/mol. The molecule has 0 aliphatic rings. The first-order chi connectivity index (χ1) is 11.6. The highest BCUT2D eigenvalue weighted by Crippen LogP contribution is 2.28. The van der Waals surface area contributed by atoms with Gasteiger partial charge in [0.05, 0.1) is 13.7 Å². The van der Waals surface area contributed by atoms with Gasteiger partial charge in [-0.2, -0.15) is 0 Å². The first-order valence-electron chi connectivity index (χ1n) is 7.49. The number of allylic oxidation sites excluding steroid dienone is 1. The first-order valence-corrected chi connectivity index (χ1v) is 8.61. The second kappa shape index (κ2) is 9.23. The Morgan fingerprint density at radius 2 is 1.92 bits per heavy atom. The average molecular weight is 393 g/mol. The number of hydrogen-bond acceptors (Lipinski definition) is 3. The van der Waals surface area contributed by atoms with Crippen LogP contribution < -0.4 is 9.47 Å². The number of benzene rings is 2. The third kappa shape index (κ3) is 5.20. The number of hydrogen-bond donors (Lipinski definition) is 0.